The Morgan fingerprint density at radius 3 is 2.18 bits per heavy atom. The first-order chi connectivity index (χ1) is 15.5. The van der Waals surface area contributed by atoms with E-state index in [1.165, 1.54) is 6.07 Å². The predicted molar refractivity (Wildman–Crippen MR) is 125 cm³/mol. The SMILES string of the molecule is CCN(CC)c1ccc(CNC(=O)CCCN(c2cccc(C(F)(F)F)c2)S(C)(=O)=O)cc1. The molecule has 0 aromatic heterocycles. The molecule has 0 aliphatic rings. The number of sulfonamides is 1. The molecular weight excluding hydrogens is 455 g/mol. The number of alkyl halides is 3. The number of benzene rings is 2. The van der Waals surface area contributed by atoms with Crippen molar-refractivity contribution in [2.75, 3.05) is 35.1 Å². The van der Waals surface area contributed by atoms with Crippen LogP contribution < -0.4 is 14.5 Å². The first-order valence-corrected chi connectivity index (χ1v) is 12.6. The molecule has 0 bridgehead atoms. The normalized spacial score (nSPS) is 11.8. The van der Waals surface area contributed by atoms with Crippen LogP contribution in [0.2, 0.25) is 0 Å². The van der Waals surface area contributed by atoms with Crippen LogP contribution in [0.15, 0.2) is 48.5 Å². The molecule has 0 atom stereocenters. The number of amides is 1. The molecule has 0 unspecified atom stereocenters. The summed E-state index contributed by atoms with van der Waals surface area (Å²) in [5, 5.41) is 2.79. The summed E-state index contributed by atoms with van der Waals surface area (Å²) < 4.78 is 64.1. The summed E-state index contributed by atoms with van der Waals surface area (Å²) in [6.07, 6.45) is -3.45. The molecule has 2 aromatic carbocycles. The zero-order chi connectivity index (χ0) is 24.6. The fourth-order valence-corrected chi connectivity index (χ4v) is 4.37. The van der Waals surface area contributed by atoms with Crippen LogP contribution >= 0.6 is 0 Å². The van der Waals surface area contributed by atoms with Gasteiger partial charge in [0.25, 0.3) is 0 Å². The Balaban J connectivity index is 1.92. The lowest BCUT2D eigenvalue weighted by Gasteiger charge is -2.23. The van der Waals surface area contributed by atoms with E-state index in [-0.39, 0.29) is 31.0 Å². The average Bonchev–Trinajstić information content (AvgIpc) is 2.75. The third-order valence-electron chi connectivity index (χ3n) is 5.18. The molecule has 6 nitrogen and oxygen atoms in total. The van der Waals surface area contributed by atoms with Crippen LogP contribution in [0.3, 0.4) is 0 Å². The minimum atomic E-state index is -4.58. The van der Waals surface area contributed by atoms with E-state index >= 15 is 0 Å². The number of hydrogen-bond donors (Lipinski definition) is 1. The van der Waals surface area contributed by atoms with Gasteiger partial charge in [-0.2, -0.15) is 13.2 Å². The van der Waals surface area contributed by atoms with Crippen LogP contribution in [-0.4, -0.2) is 40.2 Å². The number of carbonyl (C=O) groups excluding carboxylic acids is 1. The third-order valence-corrected chi connectivity index (χ3v) is 6.38. The number of carbonyl (C=O) groups is 1. The maximum Gasteiger partial charge on any atom is 0.416 e. The third kappa shape index (κ3) is 7.96. The lowest BCUT2D eigenvalue weighted by Crippen LogP contribution is -2.32. The van der Waals surface area contributed by atoms with Crippen LogP contribution in [0.1, 0.15) is 37.8 Å². The van der Waals surface area contributed by atoms with Gasteiger partial charge >= 0.3 is 6.18 Å². The van der Waals surface area contributed by atoms with Gasteiger partial charge in [-0.3, -0.25) is 9.10 Å². The molecular formula is C23H30F3N3O3S. The monoisotopic (exact) mass is 485 g/mol. The number of hydrogen-bond acceptors (Lipinski definition) is 4. The predicted octanol–water partition coefficient (Wildman–Crippen LogP) is 4.41. The van der Waals surface area contributed by atoms with Crippen molar-refractivity contribution in [1.82, 2.24) is 5.32 Å². The van der Waals surface area contributed by atoms with Crippen molar-refractivity contribution in [3.63, 3.8) is 0 Å². The molecule has 182 valence electrons. The maximum absolute atomic E-state index is 13.0. The van der Waals surface area contributed by atoms with Crippen molar-refractivity contribution in [2.45, 2.75) is 39.4 Å². The topological polar surface area (TPSA) is 69.7 Å². The number of nitrogens with one attached hydrogen (secondary N) is 1. The quantitative estimate of drug-likeness (QED) is 0.512. The average molecular weight is 486 g/mol. The van der Waals surface area contributed by atoms with Crippen molar-refractivity contribution >= 4 is 27.3 Å². The maximum atomic E-state index is 13.0. The van der Waals surface area contributed by atoms with Gasteiger partial charge in [-0.1, -0.05) is 18.2 Å². The van der Waals surface area contributed by atoms with Gasteiger partial charge in [-0.05, 0) is 56.2 Å². The Labute approximate surface area is 193 Å². The highest BCUT2D eigenvalue weighted by molar-refractivity contribution is 7.92. The molecule has 2 aromatic rings. The van der Waals surface area contributed by atoms with Crippen molar-refractivity contribution in [3.8, 4) is 0 Å². The zero-order valence-electron chi connectivity index (χ0n) is 19.0. The molecule has 0 fully saturated rings. The van der Waals surface area contributed by atoms with E-state index in [1.807, 2.05) is 24.3 Å². The molecule has 0 spiro atoms. The van der Waals surface area contributed by atoms with E-state index in [9.17, 15) is 26.4 Å². The number of halogens is 3. The molecule has 0 heterocycles. The van der Waals surface area contributed by atoms with Crippen LogP contribution in [0.5, 0.6) is 0 Å². The molecule has 0 aliphatic heterocycles. The molecule has 0 aliphatic carbocycles. The van der Waals surface area contributed by atoms with Gasteiger partial charge in [-0.25, -0.2) is 8.42 Å². The van der Waals surface area contributed by atoms with Gasteiger partial charge < -0.3 is 10.2 Å². The lowest BCUT2D eigenvalue weighted by molar-refractivity contribution is -0.137. The Kier molecular flexibility index (Phi) is 9.16. The molecule has 10 heteroatoms. The van der Waals surface area contributed by atoms with Crippen molar-refractivity contribution < 1.29 is 26.4 Å². The molecule has 0 saturated heterocycles. The summed E-state index contributed by atoms with van der Waals surface area (Å²) >= 11 is 0. The second-order valence-corrected chi connectivity index (χ2v) is 9.51. The van der Waals surface area contributed by atoms with Crippen molar-refractivity contribution in [1.29, 1.82) is 0 Å². The summed E-state index contributed by atoms with van der Waals surface area (Å²) in [6, 6.07) is 12.0. The molecule has 0 saturated carbocycles. The standard InChI is InChI=1S/C23H30F3N3O3S/c1-4-28(5-2)20-13-11-18(12-14-20)17-27-22(30)10-7-15-29(33(3,31)32)21-9-6-8-19(16-21)23(24,25)26/h6,8-9,11-14,16H,4-5,7,10,15,17H2,1-3H3,(H,27,30). The zero-order valence-corrected chi connectivity index (χ0v) is 19.8. The van der Waals surface area contributed by atoms with E-state index < -0.39 is 21.8 Å². The van der Waals surface area contributed by atoms with Gasteiger partial charge in [0.2, 0.25) is 15.9 Å². The van der Waals surface area contributed by atoms with Crippen LogP contribution in [0.4, 0.5) is 24.5 Å². The number of rotatable bonds is 11. The van der Waals surface area contributed by atoms with Crippen LogP contribution in [-0.2, 0) is 27.5 Å². The van der Waals surface area contributed by atoms with Gasteiger partial charge in [0.15, 0.2) is 0 Å². The minimum absolute atomic E-state index is 0.0442. The van der Waals surface area contributed by atoms with Gasteiger partial charge in [0, 0.05) is 38.3 Å². The highest BCUT2D eigenvalue weighted by atomic mass is 32.2. The first kappa shape index (κ1) is 26.5. The summed E-state index contributed by atoms with van der Waals surface area (Å²) in [7, 11) is -3.82. The Hall–Kier alpha value is -2.75. The second-order valence-electron chi connectivity index (χ2n) is 7.60. The Morgan fingerprint density at radius 1 is 1.00 bits per heavy atom. The molecule has 1 N–H and O–H groups in total. The summed E-state index contributed by atoms with van der Waals surface area (Å²) in [5.41, 5.74) is 1.02. The fourth-order valence-electron chi connectivity index (χ4n) is 3.41. The van der Waals surface area contributed by atoms with Crippen molar-refractivity contribution in [2.24, 2.45) is 0 Å². The van der Waals surface area contributed by atoms with Crippen LogP contribution in [0.25, 0.3) is 0 Å². The molecule has 2 rings (SSSR count). The van der Waals surface area contributed by atoms with E-state index in [4.69, 9.17) is 0 Å². The lowest BCUT2D eigenvalue weighted by atomic mass is 10.2. The number of anilines is 2. The van der Waals surface area contributed by atoms with E-state index in [0.717, 1.165) is 53.1 Å². The second kappa shape index (κ2) is 11.4. The smallest absolute Gasteiger partial charge is 0.372 e. The van der Waals surface area contributed by atoms with Crippen LogP contribution in [0, 0.1) is 0 Å². The highest BCUT2D eigenvalue weighted by Gasteiger charge is 2.31. The van der Waals surface area contributed by atoms with Gasteiger partial charge in [-0.15, -0.1) is 0 Å². The summed E-state index contributed by atoms with van der Waals surface area (Å²) in [5.74, 6) is -0.264. The summed E-state index contributed by atoms with van der Waals surface area (Å²) in [6.45, 7) is 6.19. The summed E-state index contributed by atoms with van der Waals surface area (Å²) in [4.78, 5) is 14.4. The van der Waals surface area contributed by atoms with E-state index in [2.05, 4.69) is 24.1 Å². The first-order valence-electron chi connectivity index (χ1n) is 10.7. The van der Waals surface area contributed by atoms with E-state index in [0.29, 0.717) is 6.54 Å². The van der Waals surface area contributed by atoms with E-state index in [1.54, 1.807) is 0 Å². The number of nitrogens with zero attached hydrogens (tertiary/aromatic N) is 2. The highest BCUT2D eigenvalue weighted by Crippen LogP contribution is 2.32. The molecule has 1 amide bonds. The van der Waals surface area contributed by atoms with Gasteiger partial charge in [0.1, 0.15) is 0 Å². The van der Waals surface area contributed by atoms with Crippen molar-refractivity contribution in [3.05, 3.63) is 59.7 Å². The molecule has 0 radical (unpaired) electrons. The Morgan fingerprint density at radius 2 is 1.64 bits per heavy atom. The van der Waals surface area contributed by atoms with Gasteiger partial charge in [0.05, 0.1) is 17.5 Å². The Bertz CT molecular complexity index is 1020. The largest absolute Gasteiger partial charge is 0.416 e. The molecule has 33 heavy (non-hydrogen) atoms. The minimum Gasteiger partial charge on any atom is -0.372 e. The fraction of sp³-hybridized carbons (Fsp3) is 0.435.